The molecule has 1 aromatic carbocycles. The van der Waals surface area contributed by atoms with Crippen molar-refractivity contribution in [2.45, 2.75) is 50.7 Å². The van der Waals surface area contributed by atoms with Crippen LogP contribution in [0.3, 0.4) is 0 Å². The first-order chi connectivity index (χ1) is 20.2. The predicted octanol–water partition coefficient (Wildman–Crippen LogP) is 5.78. The smallest absolute Gasteiger partial charge is 0.282 e. The fraction of sp³-hybridized carbons (Fsp3) is 0.407. The number of rotatable bonds is 9. The molecule has 5 rings (SSSR count). The van der Waals surface area contributed by atoms with Gasteiger partial charge in [-0.05, 0) is 31.0 Å². The van der Waals surface area contributed by atoms with Gasteiger partial charge < -0.3 is 14.5 Å². The predicted molar refractivity (Wildman–Crippen MR) is 138 cm³/mol. The van der Waals surface area contributed by atoms with Crippen molar-refractivity contribution in [1.82, 2.24) is 19.7 Å². The second-order valence-corrected chi connectivity index (χ2v) is 10.5. The molecule has 0 radical (unpaired) electrons. The lowest BCUT2D eigenvalue weighted by Gasteiger charge is -2.31. The van der Waals surface area contributed by atoms with Crippen molar-refractivity contribution in [3.63, 3.8) is 0 Å². The van der Waals surface area contributed by atoms with Gasteiger partial charge >= 0.3 is 0 Å². The van der Waals surface area contributed by atoms with Crippen molar-refractivity contribution >= 4 is 23.0 Å². The third-order valence-electron chi connectivity index (χ3n) is 6.96. The van der Waals surface area contributed by atoms with Crippen LogP contribution in [0.4, 0.5) is 26.3 Å². The van der Waals surface area contributed by atoms with E-state index in [4.69, 9.17) is 16.0 Å². The Kier molecular flexibility index (Phi) is 8.72. The first-order valence-corrected chi connectivity index (χ1v) is 13.7. The largest absolute Gasteiger partial charge is 0.477 e. The zero-order chi connectivity index (χ0) is 30.0. The van der Waals surface area contributed by atoms with Gasteiger partial charge in [0, 0.05) is 30.8 Å². The number of benzene rings is 1. The third kappa shape index (κ3) is 6.08. The molecule has 2 aliphatic heterocycles. The minimum Gasteiger partial charge on any atom is -0.477 e. The average molecular weight is 612 g/mol. The lowest BCUT2D eigenvalue weighted by atomic mass is 9.97. The van der Waals surface area contributed by atoms with Gasteiger partial charge in [-0.25, -0.2) is 31.3 Å². The molecule has 1 atom stereocenters. The number of halogens is 6. The number of thiazole rings is 1. The molecule has 3 aromatic rings. The van der Waals surface area contributed by atoms with Crippen molar-refractivity contribution in [3.8, 4) is 18.1 Å². The summed E-state index contributed by atoms with van der Waals surface area (Å²) in [6, 6.07) is 2.52. The maximum Gasteiger partial charge on any atom is 0.282 e. The number of amides is 1. The fourth-order valence-electron chi connectivity index (χ4n) is 4.87. The highest BCUT2D eigenvalue weighted by molar-refractivity contribution is 7.10. The number of ether oxygens (including phenoxy) is 1. The summed E-state index contributed by atoms with van der Waals surface area (Å²) in [6.45, 7) is -0.193. The van der Waals surface area contributed by atoms with E-state index >= 15 is 0 Å². The van der Waals surface area contributed by atoms with E-state index < -0.39 is 54.4 Å². The molecule has 0 spiro atoms. The Morgan fingerprint density at radius 2 is 1.90 bits per heavy atom. The molecular formula is C27H23F6N5O3S. The fourth-order valence-corrected chi connectivity index (χ4v) is 5.87. The normalized spacial score (nSPS) is 17.5. The quantitative estimate of drug-likeness (QED) is 0.227. The summed E-state index contributed by atoms with van der Waals surface area (Å²) in [4.78, 5) is 24.3. The zero-order valence-electron chi connectivity index (χ0n) is 21.8. The number of oxime groups is 1. The summed E-state index contributed by atoms with van der Waals surface area (Å²) < 4.78 is 87.2. The van der Waals surface area contributed by atoms with Gasteiger partial charge in [-0.3, -0.25) is 9.48 Å². The minimum atomic E-state index is -3.05. The Bertz CT molecular complexity index is 1530. The van der Waals surface area contributed by atoms with E-state index in [0.717, 1.165) is 17.1 Å². The molecule has 2 aliphatic rings. The molecule has 1 unspecified atom stereocenters. The van der Waals surface area contributed by atoms with Crippen LogP contribution in [-0.4, -0.2) is 51.0 Å². The number of piperidine rings is 1. The number of hydrogen-bond acceptors (Lipinski definition) is 7. The minimum absolute atomic E-state index is 0.00251. The van der Waals surface area contributed by atoms with E-state index in [9.17, 15) is 31.1 Å². The number of alkyl halides is 4. The lowest BCUT2D eigenvalue weighted by molar-refractivity contribution is -0.133. The van der Waals surface area contributed by atoms with E-state index in [1.165, 1.54) is 16.2 Å². The van der Waals surface area contributed by atoms with E-state index in [1.54, 1.807) is 5.38 Å². The Hall–Kier alpha value is -4.06. The van der Waals surface area contributed by atoms with Gasteiger partial charge in [-0.15, -0.1) is 17.8 Å². The average Bonchev–Trinajstić information content (AvgIpc) is 3.73. The molecule has 1 amide bonds. The summed E-state index contributed by atoms with van der Waals surface area (Å²) in [7, 11) is 0. The maximum atomic E-state index is 14.6. The van der Waals surface area contributed by atoms with Gasteiger partial charge in [0.1, 0.15) is 36.1 Å². The molecular weight excluding hydrogens is 588 g/mol. The van der Waals surface area contributed by atoms with Crippen molar-refractivity contribution in [3.05, 3.63) is 62.9 Å². The molecule has 1 saturated heterocycles. The molecule has 222 valence electrons. The number of aromatic nitrogens is 3. The van der Waals surface area contributed by atoms with Gasteiger partial charge in [0.25, 0.3) is 12.9 Å². The maximum absolute atomic E-state index is 14.6. The van der Waals surface area contributed by atoms with Crippen LogP contribution in [0.25, 0.3) is 0 Å². The summed E-state index contributed by atoms with van der Waals surface area (Å²) in [5.74, 6) is -0.124. The van der Waals surface area contributed by atoms with E-state index in [-0.39, 0.29) is 30.3 Å². The number of nitrogens with zero attached hydrogens (tertiary/aromatic N) is 5. The van der Waals surface area contributed by atoms with Gasteiger partial charge in [-0.2, -0.15) is 5.10 Å². The molecule has 0 N–H and O–H groups in total. The van der Waals surface area contributed by atoms with E-state index in [2.05, 4.69) is 21.2 Å². The van der Waals surface area contributed by atoms with Gasteiger partial charge in [-0.1, -0.05) is 11.1 Å². The SMILES string of the molecule is C#CCOc1c(F)ccc(F)c1C1CC(c2csc(C3CCN(C(=O)Cn4nc(C(F)F)cc4C(F)F)CC3)n2)=NO1. The van der Waals surface area contributed by atoms with Crippen LogP contribution in [-0.2, 0) is 16.2 Å². The topological polar surface area (TPSA) is 81.8 Å². The second-order valence-electron chi connectivity index (χ2n) is 9.58. The van der Waals surface area contributed by atoms with Crippen LogP contribution in [0.1, 0.15) is 71.8 Å². The monoisotopic (exact) mass is 611 g/mol. The number of carbonyl (C=O) groups excluding carboxylic acids is 1. The number of carbonyl (C=O) groups is 1. The van der Waals surface area contributed by atoms with Crippen molar-refractivity contribution in [2.75, 3.05) is 19.7 Å². The van der Waals surface area contributed by atoms with Crippen LogP contribution in [0.5, 0.6) is 5.75 Å². The molecule has 2 aromatic heterocycles. The Morgan fingerprint density at radius 3 is 2.60 bits per heavy atom. The molecule has 42 heavy (non-hydrogen) atoms. The highest BCUT2D eigenvalue weighted by atomic mass is 32.1. The number of hydrogen-bond donors (Lipinski definition) is 0. The van der Waals surface area contributed by atoms with Crippen LogP contribution in [0.15, 0.2) is 28.7 Å². The highest BCUT2D eigenvalue weighted by Crippen LogP contribution is 2.39. The molecule has 4 heterocycles. The zero-order valence-corrected chi connectivity index (χ0v) is 22.6. The summed E-state index contributed by atoms with van der Waals surface area (Å²) >= 11 is 1.38. The van der Waals surface area contributed by atoms with Crippen molar-refractivity contribution in [2.24, 2.45) is 5.16 Å². The van der Waals surface area contributed by atoms with Crippen molar-refractivity contribution in [1.29, 1.82) is 0 Å². The molecule has 1 fully saturated rings. The standard InChI is InChI=1S/C27H23F6N5O3S/c1-2-9-40-24-16(29)4-3-15(28)23(24)21-11-17(36-41-21)19-13-42-27(34-19)14-5-7-37(8-6-14)22(39)12-38-20(26(32)33)10-18(35-38)25(30)31/h1,3-4,10,13-14,21,25-26H,5-9,11-12H2. The molecule has 0 saturated carbocycles. The summed E-state index contributed by atoms with van der Waals surface area (Å²) in [5.41, 5.74) is -0.705. The molecule has 0 bridgehead atoms. The highest BCUT2D eigenvalue weighted by Gasteiger charge is 2.33. The van der Waals surface area contributed by atoms with Crippen LogP contribution in [0.2, 0.25) is 0 Å². The van der Waals surface area contributed by atoms with Crippen LogP contribution >= 0.6 is 11.3 Å². The third-order valence-corrected chi connectivity index (χ3v) is 7.97. The summed E-state index contributed by atoms with van der Waals surface area (Å²) in [6.07, 6.45) is -0.645. The Balaban J connectivity index is 1.19. The number of likely N-dealkylation sites (tertiary alicyclic amines) is 1. The molecule has 15 heteroatoms. The molecule has 0 aliphatic carbocycles. The van der Waals surface area contributed by atoms with Gasteiger partial charge in [0.05, 0.1) is 16.3 Å². The second kappa shape index (κ2) is 12.4. The van der Waals surface area contributed by atoms with Gasteiger partial charge in [0.15, 0.2) is 17.7 Å². The lowest BCUT2D eigenvalue weighted by Crippen LogP contribution is -2.40. The Labute approximate surface area is 239 Å². The Morgan fingerprint density at radius 1 is 1.17 bits per heavy atom. The van der Waals surface area contributed by atoms with E-state index in [0.29, 0.717) is 48.1 Å². The van der Waals surface area contributed by atoms with Crippen LogP contribution in [0, 0.1) is 24.0 Å². The van der Waals surface area contributed by atoms with Crippen LogP contribution < -0.4 is 4.74 Å². The van der Waals surface area contributed by atoms with Gasteiger partial charge in [0.2, 0.25) is 5.91 Å². The van der Waals surface area contributed by atoms with E-state index in [1.807, 2.05) is 0 Å². The first-order valence-electron chi connectivity index (χ1n) is 12.8. The first kappa shape index (κ1) is 29.4. The van der Waals surface area contributed by atoms with Crippen molar-refractivity contribution < 1.29 is 40.7 Å². The summed E-state index contributed by atoms with van der Waals surface area (Å²) in [5, 5.41) is 10.1. The molecule has 8 nitrogen and oxygen atoms in total. The number of terminal acetylenes is 1.